The van der Waals surface area contributed by atoms with Crippen LogP contribution in [0.4, 0.5) is 0 Å². The van der Waals surface area contributed by atoms with Crippen molar-refractivity contribution >= 4 is 17.4 Å². The first-order valence-electron chi connectivity index (χ1n) is 6.31. The number of amidine groups is 1. The van der Waals surface area contributed by atoms with Crippen molar-refractivity contribution in [1.29, 1.82) is 5.41 Å². The van der Waals surface area contributed by atoms with Crippen LogP contribution < -0.4 is 10.5 Å². The maximum Gasteiger partial charge on any atom is 0.132 e. The van der Waals surface area contributed by atoms with Crippen molar-refractivity contribution in [1.82, 2.24) is 0 Å². The van der Waals surface area contributed by atoms with E-state index in [1.165, 1.54) is 11.1 Å². The minimum absolute atomic E-state index is 0.0911. The molecule has 4 heteroatoms. The maximum absolute atomic E-state index is 7.59. The zero-order valence-corrected chi connectivity index (χ0v) is 12.3. The number of ether oxygens (including phenoxy) is 1. The fraction of sp³-hybridized carbons (Fsp3) is 0.188. The maximum atomic E-state index is 7.59. The van der Waals surface area contributed by atoms with Gasteiger partial charge in [0.05, 0.1) is 10.6 Å². The third-order valence-electron chi connectivity index (χ3n) is 3.13. The number of benzene rings is 2. The second-order valence-corrected chi connectivity index (χ2v) is 5.15. The van der Waals surface area contributed by atoms with Gasteiger partial charge in [-0.2, -0.15) is 0 Å². The van der Waals surface area contributed by atoms with Crippen LogP contribution in [-0.2, 0) is 6.61 Å². The molecule has 0 spiro atoms. The van der Waals surface area contributed by atoms with Gasteiger partial charge in [-0.3, -0.25) is 5.41 Å². The first-order chi connectivity index (χ1) is 9.49. The Morgan fingerprint density at radius 3 is 2.70 bits per heavy atom. The average molecular weight is 289 g/mol. The van der Waals surface area contributed by atoms with Crippen molar-refractivity contribution in [3.63, 3.8) is 0 Å². The van der Waals surface area contributed by atoms with Gasteiger partial charge < -0.3 is 10.5 Å². The van der Waals surface area contributed by atoms with Gasteiger partial charge >= 0.3 is 0 Å². The smallest absolute Gasteiger partial charge is 0.132 e. The molecule has 0 fully saturated rings. The number of hydrogen-bond acceptors (Lipinski definition) is 2. The molecule has 2 rings (SSSR count). The largest absolute Gasteiger partial charge is 0.488 e. The molecule has 0 aromatic heterocycles. The molecule has 0 aliphatic heterocycles. The SMILES string of the molecule is Cc1ccc(C)c(COc2cccc(Cl)c2C(=N)N)c1. The Kier molecular flexibility index (Phi) is 4.30. The summed E-state index contributed by atoms with van der Waals surface area (Å²) in [6.45, 7) is 4.51. The summed E-state index contributed by atoms with van der Waals surface area (Å²) in [5, 5.41) is 8.02. The monoisotopic (exact) mass is 288 g/mol. The zero-order valence-electron chi connectivity index (χ0n) is 11.5. The van der Waals surface area contributed by atoms with E-state index < -0.39 is 0 Å². The lowest BCUT2D eigenvalue weighted by Gasteiger charge is -2.13. The average Bonchev–Trinajstić information content (AvgIpc) is 2.39. The number of nitrogens with two attached hydrogens (primary N) is 1. The van der Waals surface area contributed by atoms with Crippen molar-refractivity contribution in [2.24, 2.45) is 5.73 Å². The van der Waals surface area contributed by atoms with E-state index in [0.717, 1.165) is 5.56 Å². The molecule has 104 valence electrons. The molecule has 0 unspecified atom stereocenters. The lowest BCUT2D eigenvalue weighted by Crippen LogP contribution is -2.14. The topological polar surface area (TPSA) is 59.1 Å². The van der Waals surface area contributed by atoms with Crippen LogP contribution in [0.5, 0.6) is 5.75 Å². The molecule has 3 N–H and O–H groups in total. The van der Waals surface area contributed by atoms with Gasteiger partial charge in [-0.15, -0.1) is 0 Å². The van der Waals surface area contributed by atoms with Crippen LogP contribution in [0.2, 0.25) is 5.02 Å². The van der Waals surface area contributed by atoms with E-state index in [1.807, 2.05) is 13.8 Å². The van der Waals surface area contributed by atoms with Gasteiger partial charge in [0.15, 0.2) is 0 Å². The molecule has 2 aromatic carbocycles. The van der Waals surface area contributed by atoms with Gasteiger partial charge in [0.2, 0.25) is 0 Å². The molecule has 0 radical (unpaired) electrons. The summed E-state index contributed by atoms with van der Waals surface area (Å²) in [6.07, 6.45) is 0. The second kappa shape index (κ2) is 5.97. The van der Waals surface area contributed by atoms with E-state index in [4.69, 9.17) is 27.5 Å². The summed E-state index contributed by atoms with van der Waals surface area (Å²) >= 11 is 6.06. The Hall–Kier alpha value is -2.00. The second-order valence-electron chi connectivity index (χ2n) is 4.75. The first-order valence-corrected chi connectivity index (χ1v) is 6.68. The van der Waals surface area contributed by atoms with Gasteiger partial charge in [-0.05, 0) is 37.1 Å². The molecule has 0 heterocycles. The van der Waals surface area contributed by atoms with E-state index in [2.05, 4.69) is 18.2 Å². The summed E-state index contributed by atoms with van der Waals surface area (Å²) in [5.41, 5.74) is 9.47. The highest BCUT2D eigenvalue weighted by Gasteiger charge is 2.11. The summed E-state index contributed by atoms with van der Waals surface area (Å²) in [7, 11) is 0. The molecule has 0 saturated carbocycles. The zero-order chi connectivity index (χ0) is 14.7. The van der Waals surface area contributed by atoms with E-state index in [-0.39, 0.29) is 5.84 Å². The Bertz CT molecular complexity index is 653. The minimum atomic E-state index is -0.0911. The third-order valence-corrected chi connectivity index (χ3v) is 3.45. The summed E-state index contributed by atoms with van der Waals surface area (Å²) in [5.74, 6) is 0.442. The van der Waals surface area contributed by atoms with Gasteiger partial charge in [0.25, 0.3) is 0 Å². The summed E-state index contributed by atoms with van der Waals surface area (Å²) in [4.78, 5) is 0. The predicted octanol–water partition coefficient (Wildman–Crippen LogP) is 3.82. The molecule has 2 aromatic rings. The lowest BCUT2D eigenvalue weighted by atomic mass is 10.1. The van der Waals surface area contributed by atoms with Crippen molar-refractivity contribution in [2.75, 3.05) is 0 Å². The van der Waals surface area contributed by atoms with Gasteiger partial charge in [-0.1, -0.05) is 41.4 Å². The van der Waals surface area contributed by atoms with Gasteiger partial charge in [-0.25, -0.2) is 0 Å². The number of rotatable bonds is 4. The number of hydrogen-bond donors (Lipinski definition) is 2. The minimum Gasteiger partial charge on any atom is -0.488 e. The molecular weight excluding hydrogens is 272 g/mol. The Balaban J connectivity index is 2.25. The van der Waals surface area contributed by atoms with E-state index >= 15 is 0 Å². The van der Waals surface area contributed by atoms with Crippen LogP contribution in [0.3, 0.4) is 0 Å². The Labute approximate surface area is 123 Å². The van der Waals surface area contributed by atoms with Crippen LogP contribution in [0.25, 0.3) is 0 Å². The Morgan fingerprint density at radius 1 is 1.25 bits per heavy atom. The highest BCUT2D eigenvalue weighted by atomic mass is 35.5. The molecule has 0 saturated heterocycles. The van der Waals surface area contributed by atoms with Crippen molar-refractivity contribution in [2.45, 2.75) is 20.5 Å². The molecule has 3 nitrogen and oxygen atoms in total. The van der Waals surface area contributed by atoms with Gasteiger partial charge in [0, 0.05) is 0 Å². The Morgan fingerprint density at radius 2 is 2.00 bits per heavy atom. The molecule has 0 bridgehead atoms. The fourth-order valence-corrected chi connectivity index (χ4v) is 2.26. The van der Waals surface area contributed by atoms with Crippen molar-refractivity contribution < 1.29 is 4.74 Å². The predicted molar refractivity (Wildman–Crippen MR) is 82.7 cm³/mol. The summed E-state index contributed by atoms with van der Waals surface area (Å²) in [6, 6.07) is 11.5. The van der Waals surface area contributed by atoms with Crippen LogP contribution in [0.15, 0.2) is 36.4 Å². The number of aryl methyl sites for hydroxylation is 2. The quantitative estimate of drug-likeness (QED) is 0.664. The third kappa shape index (κ3) is 3.11. The molecule has 0 aliphatic rings. The highest BCUT2D eigenvalue weighted by Crippen LogP contribution is 2.27. The first kappa shape index (κ1) is 14.4. The van der Waals surface area contributed by atoms with E-state index in [9.17, 15) is 0 Å². The molecule has 20 heavy (non-hydrogen) atoms. The normalized spacial score (nSPS) is 10.3. The van der Waals surface area contributed by atoms with E-state index in [0.29, 0.717) is 22.9 Å². The van der Waals surface area contributed by atoms with Crippen molar-refractivity contribution in [3.8, 4) is 5.75 Å². The molecular formula is C16H17ClN2O. The standard InChI is InChI=1S/C16H17ClN2O/c1-10-6-7-11(2)12(8-10)9-20-14-5-3-4-13(17)15(14)16(18)19/h3-8H,9H2,1-2H3,(H3,18,19). The highest BCUT2D eigenvalue weighted by molar-refractivity contribution is 6.34. The molecule has 0 atom stereocenters. The molecule has 0 aliphatic carbocycles. The number of nitrogen functional groups attached to an aromatic ring is 1. The fourth-order valence-electron chi connectivity index (χ4n) is 2.00. The van der Waals surface area contributed by atoms with Crippen LogP contribution in [-0.4, -0.2) is 5.84 Å². The van der Waals surface area contributed by atoms with Crippen LogP contribution in [0.1, 0.15) is 22.3 Å². The van der Waals surface area contributed by atoms with E-state index in [1.54, 1.807) is 18.2 Å². The van der Waals surface area contributed by atoms with Crippen LogP contribution >= 0.6 is 11.6 Å². The number of halogens is 1. The van der Waals surface area contributed by atoms with Gasteiger partial charge in [0.1, 0.15) is 18.2 Å². The summed E-state index contributed by atoms with van der Waals surface area (Å²) < 4.78 is 5.80. The van der Waals surface area contributed by atoms with Crippen molar-refractivity contribution in [3.05, 3.63) is 63.7 Å². The molecule has 0 amide bonds. The number of nitrogens with one attached hydrogen (secondary N) is 1. The lowest BCUT2D eigenvalue weighted by molar-refractivity contribution is 0.305. The van der Waals surface area contributed by atoms with Crippen LogP contribution in [0, 0.1) is 19.3 Å².